The van der Waals surface area contributed by atoms with Gasteiger partial charge in [-0.3, -0.25) is 14.6 Å². The summed E-state index contributed by atoms with van der Waals surface area (Å²) in [5, 5.41) is 5.74. The summed E-state index contributed by atoms with van der Waals surface area (Å²) in [6.45, 7) is 0.162. The molecule has 2 aromatic rings. The maximum absolute atomic E-state index is 13.1. The lowest BCUT2D eigenvalue weighted by molar-refractivity contribution is -0.140. The van der Waals surface area contributed by atoms with Gasteiger partial charge in [-0.2, -0.15) is 18.3 Å². The van der Waals surface area contributed by atoms with E-state index in [4.69, 9.17) is 11.6 Å². The number of aromatic nitrogens is 3. The number of carbonyl (C=O) groups is 1. The molecule has 11 heteroatoms. The molecule has 2 aromatic heterocycles. The van der Waals surface area contributed by atoms with Gasteiger partial charge in [-0.25, -0.2) is 5.10 Å². The van der Waals surface area contributed by atoms with E-state index >= 15 is 0 Å². The molecule has 0 bridgehead atoms. The summed E-state index contributed by atoms with van der Waals surface area (Å²) in [5.74, 6) is -0.385. The summed E-state index contributed by atoms with van der Waals surface area (Å²) in [4.78, 5) is 30.5. The zero-order valence-corrected chi connectivity index (χ0v) is 14.0. The van der Waals surface area contributed by atoms with Crippen LogP contribution < -0.4 is 10.5 Å². The zero-order chi connectivity index (χ0) is 18.9. The van der Waals surface area contributed by atoms with Crippen LogP contribution in [-0.2, 0) is 17.5 Å². The van der Waals surface area contributed by atoms with Gasteiger partial charge in [0.15, 0.2) is 0 Å². The maximum Gasteiger partial charge on any atom is 0.416 e. The molecule has 26 heavy (non-hydrogen) atoms. The van der Waals surface area contributed by atoms with Crippen LogP contribution in [0.25, 0.3) is 0 Å². The fourth-order valence-corrected chi connectivity index (χ4v) is 2.92. The van der Waals surface area contributed by atoms with Crippen LogP contribution in [0.5, 0.6) is 0 Å². The smallest absolute Gasteiger partial charge is 0.358 e. The standard InChI is InChI=1S/C15H13ClF3N5O2/c16-13-11(6-21-22-14(13)26)23-3-4-24(12(25)8-23)7-9-5-20-2-1-10(9)15(17,18)19/h1-2,5-6H,3-4,7-8H2,(H,22,26). The molecular weight excluding hydrogens is 375 g/mol. The molecule has 1 fully saturated rings. The first-order chi connectivity index (χ1) is 12.3. The van der Waals surface area contributed by atoms with E-state index < -0.39 is 17.3 Å². The third kappa shape index (κ3) is 3.64. The minimum Gasteiger partial charge on any atom is -0.358 e. The van der Waals surface area contributed by atoms with Gasteiger partial charge in [-0.1, -0.05) is 11.6 Å². The first kappa shape index (κ1) is 18.2. The maximum atomic E-state index is 13.1. The third-order valence-corrected chi connectivity index (χ3v) is 4.37. The van der Waals surface area contributed by atoms with Crippen LogP contribution in [0.1, 0.15) is 11.1 Å². The molecule has 1 aliphatic heterocycles. The Labute approximate surface area is 150 Å². The Morgan fingerprint density at radius 2 is 2.00 bits per heavy atom. The number of aromatic amines is 1. The summed E-state index contributed by atoms with van der Waals surface area (Å²) < 4.78 is 39.2. The molecule has 0 aromatic carbocycles. The number of anilines is 1. The minimum atomic E-state index is -4.52. The number of pyridine rings is 1. The Morgan fingerprint density at radius 1 is 1.23 bits per heavy atom. The van der Waals surface area contributed by atoms with Gasteiger partial charge in [0.2, 0.25) is 5.91 Å². The molecule has 1 N–H and O–H groups in total. The Kier molecular flexibility index (Phi) is 4.86. The molecule has 0 saturated carbocycles. The normalized spacial score (nSPS) is 15.5. The van der Waals surface area contributed by atoms with Gasteiger partial charge in [0.25, 0.3) is 5.56 Å². The van der Waals surface area contributed by atoms with Gasteiger partial charge in [0.05, 0.1) is 24.0 Å². The number of hydrogen-bond acceptors (Lipinski definition) is 5. The average Bonchev–Trinajstić information content (AvgIpc) is 2.59. The number of H-pyrrole nitrogens is 1. The number of amides is 1. The number of hydrogen-bond donors (Lipinski definition) is 1. The highest BCUT2D eigenvalue weighted by molar-refractivity contribution is 6.33. The van der Waals surface area contributed by atoms with Crippen molar-refractivity contribution in [2.75, 3.05) is 24.5 Å². The first-order valence-corrected chi connectivity index (χ1v) is 7.91. The van der Waals surface area contributed by atoms with Crippen molar-refractivity contribution in [3.63, 3.8) is 0 Å². The van der Waals surface area contributed by atoms with Crippen molar-refractivity contribution in [1.82, 2.24) is 20.1 Å². The van der Waals surface area contributed by atoms with Gasteiger partial charge in [-0.15, -0.1) is 0 Å². The van der Waals surface area contributed by atoms with E-state index in [0.717, 1.165) is 18.5 Å². The van der Waals surface area contributed by atoms with Gasteiger partial charge in [-0.05, 0) is 6.07 Å². The third-order valence-electron chi connectivity index (χ3n) is 4.01. The fourth-order valence-electron chi connectivity index (χ4n) is 2.71. The topological polar surface area (TPSA) is 82.2 Å². The Bertz CT molecular complexity index is 886. The summed E-state index contributed by atoms with van der Waals surface area (Å²) in [6.07, 6.45) is -1.02. The van der Waals surface area contributed by atoms with Crippen molar-refractivity contribution in [2.24, 2.45) is 0 Å². The number of halogens is 4. The SMILES string of the molecule is O=C1CN(c2cn[nH]c(=O)c2Cl)CCN1Cc1cnccc1C(F)(F)F. The highest BCUT2D eigenvalue weighted by Crippen LogP contribution is 2.32. The number of rotatable bonds is 3. The van der Waals surface area contributed by atoms with Crippen LogP contribution in [0, 0.1) is 0 Å². The molecule has 3 heterocycles. The van der Waals surface area contributed by atoms with Gasteiger partial charge >= 0.3 is 6.18 Å². The van der Waals surface area contributed by atoms with Crippen LogP contribution in [0.4, 0.5) is 18.9 Å². The lowest BCUT2D eigenvalue weighted by Crippen LogP contribution is -2.50. The predicted octanol–water partition coefficient (Wildman–Crippen LogP) is 1.69. The van der Waals surface area contributed by atoms with Crippen molar-refractivity contribution in [3.05, 3.63) is 51.2 Å². The second-order valence-corrected chi connectivity index (χ2v) is 6.04. The highest BCUT2D eigenvalue weighted by atomic mass is 35.5. The first-order valence-electron chi connectivity index (χ1n) is 7.53. The van der Waals surface area contributed by atoms with Gasteiger partial charge in [0, 0.05) is 37.6 Å². The van der Waals surface area contributed by atoms with E-state index in [1.165, 1.54) is 11.1 Å². The average molecular weight is 388 g/mol. The Hall–Kier alpha value is -2.62. The molecule has 7 nitrogen and oxygen atoms in total. The Balaban J connectivity index is 1.76. The molecule has 0 unspecified atom stereocenters. The lowest BCUT2D eigenvalue weighted by Gasteiger charge is -2.35. The van der Waals surface area contributed by atoms with Crippen molar-refractivity contribution in [1.29, 1.82) is 0 Å². The summed E-state index contributed by atoms with van der Waals surface area (Å²) >= 11 is 5.93. The number of nitrogens with zero attached hydrogens (tertiary/aromatic N) is 4. The summed E-state index contributed by atoms with van der Waals surface area (Å²) in [7, 11) is 0. The van der Waals surface area contributed by atoms with E-state index in [1.807, 2.05) is 0 Å². The van der Waals surface area contributed by atoms with E-state index in [0.29, 0.717) is 12.2 Å². The minimum absolute atomic E-state index is 0.0716. The molecule has 0 aliphatic carbocycles. The van der Waals surface area contributed by atoms with E-state index in [1.54, 1.807) is 4.90 Å². The van der Waals surface area contributed by atoms with Crippen LogP contribution in [0.15, 0.2) is 29.5 Å². The molecule has 0 spiro atoms. The van der Waals surface area contributed by atoms with Crippen LogP contribution in [0.3, 0.4) is 0 Å². The second-order valence-electron chi connectivity index (χ2n) is 5.67. The molecule has 138 valence electrons. The van der Waals surface area contributed by atoms with Crippen LogP contribution in [-0.4, -0.2) is 45.6 Å². The zero-order valence-electron chi connectivity index (χ0n) is 13.3. The molecule has 0 radical (unpaired) electrons. The largest absolute Gasteiger partial charge is 0.416 e. The van der Waals surface area contributed by atoms with Gasteiger partial charge < -0.3 is 9.80 Å². The highest BCUT2D eigenvalue weighted by Gasteiger charge is 2.34. The molecule has 1 saturated heterocycles. The summed E-state index contributed by atoms with van der Waals surface area (Å²) in [6, 6.07) is 0.887. The van der Waals surface area contributed by atoms with E-state index in [9.17, 15) is 22.8 Å². The number of piperazine rings is 1. The van der Waals surface area contributed by atoms with Crippen LogP contribution >= 0.6 is 11.6 Å². The predicted molar refractivity (Wildman–Crippen MR) is 86.7 cm³/mol. The molecule has 3 rings (SSSR count). The molecule has 1 amide bonds. The van der Waals surface area contributed by atoms with Crippen LogP contribution in [0.2, 0.25) is 5.02 Å². The number of nitrogens with one attached hydrogen (secondary N) is 1. The lowest BCUT2D eigenvalue weighted by atomic mass is 10.1. The van der Waals surface area contributed by atoms with Crippen molar-refractivity contribution in [3.8, 4) is 0 Å². The van der Waals surface area contributed by atoms with Crippen molar-refractivity contribution in [2.45, 2.75) is 12.7 Å². The molecule has 1 aliphatic rings. The number of carbonyl (C=O) groups excluding carboxylic acids is 1. The van der Waals surface area contributed by atoms with Crippen molar-refractivity contribution < 1.29 is 18.0 Å². The summed E-state index contributed by atoms with van der Waals surface area (Å²) in [5.41, 5.74) is -1.16. The Morgan fingerprint density at radius 3 is 2.69 bits per heavy atom. The second kappa shape index (κ2) is 6.94. The monoisotopic (exact) mass is 387 g/mol. The van der Waals surface area contributed by atoms with E-state index in [2.05, 4.69) is 15.2 Å². The quantitative estimate of drug-likeness (QED) is 0.866. The molecular formula is C15H13ClF3N5O2. The van der Waals surface area contributed by atoms with Crippen molar-refractivity contribution >= 4 is 23.2 Å². The van der Waals surface area contributed by atoms with Gasteiger partial charge in [0.1, 0.15) is 5.02 Å². The van der Waals surface area contributed by atoms with E-state index in [-0.39, 0.29) is 36.1 Å². The number of alkyl halides is 3. The molecule has 0 atom stereocenters. The fraction of sp³-hybridized carbons (Fsp3) is 0.333.